The first-order valence-electron chi connectivity index (χ1n) is 6.33. The zero-order valence-corrected chi connectivity index (χ0v) is 11.5. The number of hydrogen-bond acceptors (Lipinski definition) is 2. The fourth-order valence-corrected chi connectivity index (χ4v) is 2.19. The maximum atomic E-state index is 5.63. The standard InChI is InChI=1S/C16H18OS/c1-2-3-12-17-15-9-6-14(7-10-15)8-11-16-5-4-13-18-16/h4-11,13H,2-3,12H2,1H3/b11-8+. The van der Waals surface area contributed by atoms with Crippen molar-refractivity contribution in [1.82, 2.24) is 0 Å². The van der Waals surface area contributed by atoms with Gasteiger partial charge in [-0.25, -0.2) is 0 Å². The molecule has 1 aromatic heterocycles. The molecule has 94 valence electrons. The maximum absolute atomic E-state index is 5.63. The lowest BCUT2D eigenvalue weighted by Gasteiger charge is -2.04. The fraction of sp³-hybridized carbons (Fsp3) is 0.250. The van der Waals surface area contributed by atoms with Crippen molar-refractivity contribution in [2.45, 2.75) is 19.8 Å². The van der Waals surface area contributed by atoms with Gasteiger partial charge in [0.1, 0.15) is 5.75 Å². The van der Waals surface area contributed by atoms with Crippen molar-refractivity contribution in [2.24, 2.45) is 0 Å². The Balaban J connectivity index is 1.91. The molecule has 2 heteroatoms. The summed E-state index contributed by atoms with van der Waals surface area (Å²) >= 11 is 1.75. The molecule has 0 atom stereocenters. The summed E-state index contributed by atoms with van der Waals surface area (Å²) in [5.74, 6) is 0.955. The number of unbranched alkanes of at least 4 members (excludes halogenated alkanes) is 1. The molecule has 0 aliphatic carbocycles. The van der Waals surface area contributed by atoms with Gasteiger partial charge in [0.05, 0.1) is 6.61 Å². The van der Waals surface area contributed by atoms with Crippen LogP contribution in [0.1, 0.15) is 30.2 Å². The average molecular weight is 258 g/mol. The SMILES string of the molecule is CCCCOc1ccc(/C=C/c2cccs2)cc1. The van der Waals surface area contributed by atoms with Gasteiger partial charge in [-0.15, -0.1) is 11.3 Å². The highest BCUT2D eigenvalue weighted by Crippen LogP contribution is 2.16. The molecule has 0 fully saturated rings. The summed E-state index contributed by atoms with van der Waals surface area (Å²) in [5.41, 5.74) is 1.20. The van der Waals surface area contributed by atoms with E-state index in [1.54, 1.807) is 11.3 Å². The van der Waals surface area contributed by atoms with Crippen LogP contribution >= 0.6 is 11.3 Å². The van der Waals surface area contributed by atoms with Crippen LogP contribution in [0.15, 0.2) is 41.8 Å². The molecule has 2 rings (SSSR count). The van der Waals surface area contributed by atoms with E-state index in [0.717, 1.165) is 18.8 Å². The van der Waals surface area contributed by atoms with Crippen LogP contribution in [0.3, 0.4) is 0 Å². The number of benzene rings is 1. The van der Waals surface area contributed by atoms with E-state index in [-0.39, 0.29) is 0 Å². The number of hydrogen-bond donors (Lipinski definition) is 0. The summed E-state index contributed by atoms with van der Waals surface area (Å²) in [6, 6.07) is 12.4. The van der Waals surface area contributed by atoms with Crippen LogP contribution in [0.5, 0.6) is 5.75 Å². The van der Waals surface area contributed by atoms with Crippen molar-refractivity contribution in [3.8, 4) is 5.75 Å². The van der Waals surface area contributed by atoms with E-state index >= 15 is 0 Å². The smallest absolute Gasteiger partial charge is 0.119 e. The van der Waals surface area contributed by atoms with Crippen molar-refractivity contribution in [1.29, 1.82) is 0 Å². The van der Waals surface area contributed by atoms with E-state index in [4.69, 9.17) is 4.74 Å². The van der Waals surface area contributed by atoms with Gasteiger partial charge in [-0.3, -0.25) is 0 Å². The molecule has 1 nitrogen and oxygen atoms in total. The Morgan fingerprint density at radius 1 is 1.11 bits per heavy atom. The van der Waals surface area contributed by atoms with Crippen LogP contribution < -0.4 is 4.74 Å². The molecule has 0 aliphatic rings. The third kappa shape index (κ3) is 4.04. The Morgan fingerprint density at radius 2 is 1.94 bits per heavy atom. The predicted molar refractivity (Wildman–Crippen MR) is 80.1 cm³/mol. The minimum absolute atomic E-state index is 0.806. The molecule has 0 radical (unpaired) electrons. The van der Waals surface area contributed by atoms with E-state index < -0.39 is 0 Å². The molecule has 0 saturated heterocycles. The van der Waals surface area contributed by atoms with Gasteiger partial charge in [-0.05, 0) is 41.6 Å². The lowest BCUT2D eigenvalue weighted by molar-refractivity contribution is 0.309. The summed E-state index contributed by atoms with van der Waals surface area (Å²) in [4.78, 5) is 1.28. The molecule has 0 spiro atoms. The number of rotatable bonds is 6. The van der Waals surface area contributed by atoms with Crippen LogP contribution in [0.25, 0.3) is 12.2 Å². The summed E-state index contributed by atoms with van der Waals surface area (Å²) < 4.78 is 5.63. The fourth-order valence-electron chi connectivity index (χ4n) is 1.57. The molecule has 1 heterocycles. The zero-order chi connectivity index (χ0) is 12.6. The largest absolute Gasteiger partial charge is 0.494 e. The van der Waals surface area contributed by atoms with Crippen LogP contribution in [0.4, 0.5) is 0 Å². The third-order valence-electron chi connectivity index (χ3n) is 2.63. The molecular weight excluding hydrogens is 240 g/mol. The maximum Gasteiger partial charge on any atom is 0.119 e. The predicted octanol–water partition coefficient (Wildman–Crippen LogP) is 5.10. The first-order chi connectivity index (χ1) is 8.88. The normalized spacial score (nSPS) is 10.9. The van der Waals surface area contributed by atoms with Crippen LogP contribution in [-0.2, 0) is 0 Å². The minimum Gasteiger partial charge on any atom is -0.494 e. The monoisotopic (exact) mass is 258 g/mol. The van der Waals surface area contributed by atoms with Crippen molar-refractivity contribution < 1.29 is 4.74 Å². The molecule has 2 aromatic rings. The summed E-state index contributed by atoms with van der Waals surface area (Å²) in [6.45, 7) is 2.97. The molecular formula is C16H18OS. The molecule has 0 amide bonds. The van der Waals surface area contributed by atoms with Crippen molar-refractivity contribution in [2.75, 3.05) is 6.61 Å². The summed E-state index contributed by atoms with van der Waals surface area (Å²) in [6.07, 6.45) is 6.54. The zero-order valence-electron chi connectivity index (χ0n) is 10.6. The first kappa shape index (κ1) is 12.9. The van der Waals surface area contributed by atoms with Gasteiger partial charge in [-0.1, -0.05) is 37.6 Å². The van der Waals surface area contributed by atoms with E-state index in [0.29, 0.717) is 0 Å². The molecule has 0 aliphatic heterocycles. The average Bonchev–Trinajstić information content (AvgIpc) is 2.91. The van der Waals surface area contributed by atoms with E-state index in [9.17, 15) is 0 Å². The Kier molecular flexibility index (Phi) is 5.03. The Morgan fingerprint density at radius 3 is 2.61 bits per heavy atom. The Labute approximate surface area is 113 Å². The highest BCUT2D eigenvalue weighted by Gasteiger charge is 1.93. The van der Waals surface area contributed by atoms with Crippen LogP contribution in [0, 0.1) is 0 Å². The molecule has 0 unspecified atom stereocenters. The number of ether oxygens (including phenoxy) is 1. The Hall–Kier alpha value is -1.54. The van der Waals surface area contributed by atoms with Gasteiger partial charge >= 0.3 is 0 Å². The van der Waals surface area contributed by atoms with E-state index in [1.807, 2.05) is 12.1 Å². The van der Waals surface area contributed by atoms with Gasteiger partial charge < -0.3 is 4.74 Å². The van der Waals surface area contributed by atoms with Gasteiger partial charge in [0.15, 0.2) is 0 Å². The lowest BCUT2D eigenvalue weighted by atomic mass is 10.2. The third-order valence-corrected chi connectivity index (χ3v) is 3.47. The van der Waals surface area contributed by atoms with Gasteiger partial charge in [0.25, 0.3) is 0 Å². The van der Waals surface area contributed by atoms with Crippen molar-refractivity contribution in [3.63, 3.8) is 0 Å². The van der Waals surface area contributed by atoms with Gasteiger partial charge in [0.2, 0.25) is 0 Å². The molecule has 1 aromatic carbocycles. The van der Waals surface area contributed by atoms with Crippen molar-refractivity contribution >= 4 is 23.5 Å². The molecule has 18 heavy (non-hydrogen) atoms. The topological polar surface area (TPSA) is 9.23 Å². The Bertz CT molecular complexity index is 468. The van der Waals surface area contributed by atoms with Gasteiger partial charge in [-0.2, -0.15) is 0 Å². The highest BCUT2D eigenvalue weighted by molar-refractivity contribution is 7.10. The second-order valence-electron chi connectivity index (χ2n) is 4.12. The minimum atomic E-state index is 0.806. The van der Waals surface area contributed by atoms with Gasteiger partial charge in [0, 0.05) is 4.88 Å². The molecule has 0 bridgehead atoms. The summed E-state index contributed by atoms with van der Waals surface area (Å²) in [7, 11) is 0. The van der Waals surface area contributed by atoms with Crippen LogP contribution in [0.2, 0.25) is 0 Å². The molecule has 0 N–H and O–H groups in total. The first-order valence-corrected chi connectivity index (χ1v) is 7.21. The summed E-state index contributed by atoms with van der Waals surface area (Å²) in [5, 5.41) is 2.09. The second-order valence-corrected chi connectivity index (χ2v) is 5.10. The van der Waals surface area contributed by atoms with Crippen LogP contribution in [-0.4, -0.2) is 6.61 Å². The molecule has 0 saturated carbocycles. The number of thiophene rings is 1. The van der Waals surface area contributed by atoms with Crippen molar-refractivity contribution in [3.05, 3.63) is 52.2 Å². The lowest BCUT2D eigenvalue weighted by Crippen LogP contribution is -1.95. The second kappa shape index (κ2) is 7.02. The van der Waals surface area contributed by atoms with E-state index in [2.05, 4.69) is 48.7 Å². The van der Waals surface area contributed by atoms with E-state index in [1.165, 1.54) is 16.9 Å². The highest BCUT2D eigenvalue weighted by atomic mass is 32.1. The quantitative estimate of drug-likeness (QED) is 0.655.